The highest BCUT2D eigenvalue weighted by molar-refractivity contribution is 5.94. The Kier molecular flexibility index (Phi) is 5.48. The van der Waals surface area contributed by atoms with Gasteiger partial charge in [0.05, 0.1) is 12.3 Å². The molecule has 0 radical (unpaired) electrons. The van der Waals surface area contributed by atoms with Crippen molar-refractivity contribution in [2.45, 2.75) is 18.9 Å². The summed E-state index contributed by atoms with van der Waals surface area (Å²) in [7, 11) is 0. The summed E-state index contributed by atoms with van der Waals surface area (Å²) < 4.78 is 11.3. The number of amides is 1. The highest BCUT2D eigenvalue weighted by Gasteiger charge is 2.23. The van der Waals surface area contributed by atoms with E-state index in [1.54, 1.807) is 18.6 Å². The molecule has 27 heavy (non-hydrogen) atoms. The zero-order valence-electron chi connectivity index (χ0n) is 15.3. The Morgan fingerprint density at radius 2 is 1.96 bits per heavy atom. The molecule has 1 aromatic carbocycles. The van der Waals surface area contributed by atoms with E-state index in [2.05, 4.69) is 14.9 Å². The Morgan fingerprint density at radius 3 is 2.63 bits per heavy atom. The van der Waals surface area contributed by atoms with Gasteiger partial charge < -0.3 is 19.3 Å². The van der Waals surface area contributed by atoms with Crippen LogP contribution in [0.5, 0.6) is 5.75 Å². The largest absolute Gasteiger partial charge is 0.491 e. The van der Waals surface area contributed by atoms with Crippen LogP contribution >= 0.6 is 0 Å². The summed E-state index contributed by atoms with van der Waals surface area (Å²) in [5.74, 6) is 1.69. The number of hydrogen-bond donors (Lipinski definition) is 0. The Balaban J connectivity index is 1.29. The number of anilines is 1. The van der Waals surface area contributed by atoms with Crippen LogP contribution in [0, 0.1) is 0 Å². The molecule has 7 nitrogen and oxygen atoms in total. The van der Waals surface area contributed by atoms with Crippen molar-refractivity contribution in [1.82, 2.24) is 14.9 Å². The number of carbonyl (C=O) groups is 1. The molecule has 2 aromatic rings. The van der Waals surface area contributed by atoms with E-state index >= 15 is 0 Å². The molecule has 2 fully saturated rings. The summed E-state index contributed by atoms with van der Waals surface area (Å²) in [5, 5.41) is 0. The van der Waals surface area contributed by atoms with Gasteiger partial charge in [-0.15, -0.1) is 0 Å². The van der Waals surface area contributed by atoms with Crippen LogP contribution < -0.4 is 9.64 Å². The van der Waals surface area contributed by atoms with E-state index in [1.807, 2.05) is 29.2 Å². The van der Waals surface area contributed by atoms with Gasteiger partial charge in [-0.3, -0.25) is 9.78 Å². The van der Waals surface area contributed by atoms with Gasteiger partial charge in [0.2, 0.25) is 0 Å². The fraction of sp³-hybridized carbons (Fsp3) is 0.450. The molecular formula is C20H24N4O3. The SMILES string of the molecule is O=C(c1ccc(OC[C@H]2CCCO2)cc1)N1CCN(c2cnccn2)CC1. The van der Waals surface area contributed by atoms with Crippen LogP contribution in [0.1, 0.15) is 23.2 Å². The van der Waals surface area contributed by atoms with Gasteiger partial charge in [0, 0.05) is 50.7 Å². The van der Waals surface area contributed by atoms with Crippen molar-refractivity contribution in [2.24, 2.45) is 0 Å². The van der Waals surface area contributed by atoms with Crippen LogP contribution in [-0.2, 0) is 4.74 Å². The number of aromatic nitrogens is 2. The molecule has 3 heterocycles. The van der Waals surface area contributed by atoms with Gasteiger partial charge in [-0.05, 0) is 37.1 Å². The minimum atomic E-state index is 0.0551. The number of benzene rings is 1. The molecule has 0 aliphatic carbocycles. The third kappa shape index (κ3) is 4.36. The first-order valence-electron chi connectivity index (χ1n) is 9.44. The molecule has 0 spiro atoms. The minimum Gasteiger partial charge on any atom is -0.491 e. The molecule has 0 saturated carbocycles. The van der Waals surface area contributed by atoms with E-state index in [-0.39, 0.29) is 12.0 Å². The van der Waals surface area contributed by atoms with E-state index < -0.39 is 0 Å². The lowest BCUT2D eigenvalue weighted by molar-refractivity contribution is 0.0678. The zero-order chi connectivity index (χ0) is 18.5. The molecule has 142 valence electrons. The van der Waals surface area contributed by atoms with Gasteiger partial charge in [-0.2, -0.15) is 0 Å². The molecule has 1 atom stereocenters. The fourth-order valence-electron chi connectivity index (χ4n) is 3.43. The van der Waals surface area contributed by atoms with Gasteiger partial charge in [-0.25, -0.2) is 4.98 Å². The topological polar surface area (TPSA) is 67.8 Å². The Morgan fingerprint density at radius 1 is 1.15 bits per heavy atom. The molecule has 0 bridgehead atoms. The van der Waals surface area contributed by atoms with Crippen molar-refractivity contribution >= 4 is 11.7 Å². The van der Waals surface area contributed by atoms with Crippen molar-refractivity contribution in [1.29, 1.82) is 0 Å². The number of ether oxygens (including phenoxy) is 2. The van der Waals surface area contributed by atoms with Gasteiger partial charge in [0.15, 0.2) is 0 Å². The highest BCUT2D eigenvalue weighted by Crippen LogP contribution is 2.18. The zero-order valence-corrected chi connectivity index (χ0v) is 15.3. The first-order valence-corrected chi connectivity index (χ1v) is 9.44. The fourth-order valence-corrected chi connectivity index (χ4v) is 3.43. The maximum atomic E-state index is 12.7. The number of hydrogen-bond acceptors (Lipinski definition) is 6. The van der Waals surface area contributed by atoms with Crippen LogP contribution in [0.3, 0.4) is 0 Å². The average molecular weight is 368 g/mol. The average Bonchev–Trinajstić information content (AvgIpc) is 3.27. The van der Waals surface area contributed by atoms with Crippen molar-refractivity contribution in [3.05, 3.63) is 48.4 Å². The molecule has 2 saturated heterocycles. The van der Waals surface area contributed by atoms with Gasteiger partial charge in [0.25, 0.3) is 5.91 Å². The lowest BCUT2D eigenvalue weighted by Gasteiger charge is -2.35. The Hall–Kier alpha value is -2.67. The van der Waals surface area contributed by atoms with Crippen LogP contribution in [0.15, 0.2) is 42.9 Å². The Bertz CT molecular complexity index is 740. The molecule has 2 aliphatic heterocycles. The molecule has 0 N–H and O–H groups in total. The van der Waals surface area contributed by atoms with Gasteiger partial charge in [0.1, 0.15) is 18.2 Å². The van der Waals surface area contributed by atoms with E-state index in [9.17, 15) is 4.79 Å². The number of rotatable bonds is 5. The van der Waals surface area contributed by atoms with Crippen LogP contribution in [0.2, 0.25) is 0 Å². The molecular weight excluding hydrogens is 344 g/mol. The highest BCUT2D eigenvalue weighted by atomic mass is 16.5. The molecule has 2 aliphatic rings. The second-order valence-corrected chi connectivity index (χ2v) is 6.81. The molecule has 0 unspecified atom stereocenters. The van der Waals surface area contributed by atoms with Gasteiger partial charge >= 0.3 is 0 Å². The van der Waals surface area contributed by atoms with E-state index in [4.69, 9.17) is 9.47 Å². The monoisotopic (exact) mass is 368 g/mol. The Labute approximate surface area is 158 Å². The van der Waals surface area contributed by atoms with Crippen LogP contribution in [0.4, 0.5) is 5.82 Å². The van der Waals surface area contributed by atoms with Crippen LogP contribution in [-0.4, -0.2) is 66.3 Å². The third-order valence-electron chi connectivity index (χ3n) is 5.00. The predicted octanol–water partition coefficient (Wildman–Crippen LogP) is 2.00. The van der Waals surface area contributed by atoms with E-state index in [1.165, 1.54) is 0 Å². The van der Waals surface area contributed by atoms with Gasteiger partial charge in [-0.1, -0.05) is 0 Å². The van der Waals surface area contributed by atoms with Crippen LogP contribution in [0.25, 0.3) is 0 Å². The molecule has 7 heteroatoms. The smallest absolute Gasteiger partial charge is 0.253 e. The molecule has 4 rings (SSSR count). The summed E-state index contributed by atoms with van der Waals surface area (Å²) in [5.41, 5.74) is 0.687. The second kappa shape index (κ2) is 8.35. The number of piperazine rings is 1. The second-order valence-electron chi connectivity index (χ2n) is 6.81. The van der Waals surface area contributed by atoms with E-state index in [0.29, 0.717) is 25.3 Å². The summed E-state index contributed by atoms with van der Waals surface area (Å²) in [6.45, 7) is 4.25. The first-order chi connectivity index (χ1) is 13.3. The summed E-state index contributed by atoms with van der Waals surface area (Å²) in [6, 6.07) is 7.39. The molecule has 1 amide bonds. The lowest BCUT2D eigenvalue weighted by Crippen LogP contribution is -2.49. The normalized spacial score (nSPS) is 19.9. The van der Waals surface area contributed by atoms with Crippen molar-refractivity contribution in [2.75, 3.05) is 44.3 Å². The maximum absolute atomic E-state index is 12.7. The van der Waals surface area contributed by atoms with Crippen molar-refractivity contribution in [3.63, 3.8) is 0 Å². The number of carbonyl (C=O) groups excluding carboxylic acids is 1. The van der Waals surface area contributed by atoms with Crippen molar-refractivity contribution in [3.8, 4) is 5.75 Å². The quantitative estimate of drug-likeness (QED) is 0.804. The minimum absolute atomic E-state index is 0.0551. The maximum Gasteiger partial charge on any atom is 0.253 e. The van der Waals surface area contributed by atoms with E-state index in [0.717, 1.165) is 44.1 Å². The predicted molar refractivity (Wildman–Crippen MR) is 101 cm³/mol. The summed E-state index contributed by atoms with van der Waals surface area (Å²) >= 11 is 0. The first kappa shape index (κ1) is 17.7. The molecule has 1 aromatic heterocycles. The summed E-state index contributed by atoms with van der Waals surface area (Å²) in [6.07, 6.45) is 7.46. The van der Waals surface area contributed by atoms with Crippen molar-refractivity contribution < 1.29 is 14.3 Å². The lowest BCUT2D eigenvalue weighted by atomic mass is 10.1. The number of nitrogens with zero attached hydrogens (tertiary/aromatic N) is 4. The standard InChI is InChI=1S/C20H24N4O3/c25-20(24-11-9-23(10-12-24)19-14-21-7-8-22-19)16-3-5-17(6-4-16)27-15-18-2-1-13-26-18/h3-8,14,18H,1-2,9-13,15H2/t18-/m1/s1. The summed E-state index contributed by atoms with van der Waals surface area (Å²) in [4.78, 5) is 25.2. The third-order valence-corrected chi connectivity index (χ3v) is 5.00.